The van der Waals surface area contributed by atoms with Crippen molar-refractivity contribution >= 4 is 17.0 Å². The molecule has 0 radical (unpaired) electrons. The number of rotatable bonds is 4. The number of imidazole rings is 1. The maximum Gasteiger partial charge on any atom is 0.205 e. The number of methoxy groups -OCH3 is 3. The summed E-state index contributed by atoms with van der Waals surface area (Å²) in [5, 5.41) is 9.79. The van der Waals surface area contributed by atoms with Crippen molar-refractivity contribution < 1.29 is 18.9 Å². The number of nitriles is 1. The topological polar surface area (TPSA) is 141 Å². The number of nitrogens with two attached hydrogens (primary N) is 2. The molecule has 1 unspecified atom stereocenters. The standard InChI is InChI=1S/C20H19N5O4/c1-26-15-4-9(5-16(27-2)18(15)28-3)17-10-6-12-13(25-20(23)24-12)7-14(10)29-19(22)11(17)8-21/h4-7,17H,22H2,1-3H3,(H3,23,24,25). The van der Waals surface area contributed by atoms with Crippen LogP contribution in [0.4, 0.5) is 5.95 Å². The van der Waals surface area contributed by atoms with E-state index in [-0.39, 0.29) is 17.4 Å². The lowest BCUT2D eigenvalue weighted by atomic mass is 9.83. The average molecular weight is 393 g/mol. The molecular formula is C20H19N5O4. The zero-order valence-corrected chi connectivity index (χ0v) is 16.1. The van der Waals surface area contributed by atoms with Gasteiger partial charge < -0.3 is 35.4 Å². The van der Waals surface area contributed by atoms with Crippen LogP contribution in [0, 0.1) is 11.3 Å². The summed E-state index contributed by atoms with van der Waals surface area (Å²) in [4.78, 5) is 7.22. The van der Waals surface area contributed by atoms with E-state index in [0.717, 1.165) is 16.6 Å². The highest BCUT2D eigenvalue weighted by molar-refractivity contribution is 5.81. The van der Waals surface area contributed by atoms with E-state index in [1.54, 1.807) is 18.2 Å². The van der Waals surface area contributed by atoms with Crippen molar-refractivity contribution in [1.29, 1.82) is 5.26 Å². The van der Waals surface area contributed by atoms with Crippen LogP contribution in [0.1, 0.15) is 17.0 Å². The lowest BCUT2D eigenvalue weighted by Crippen LogP contribution is -2.21. The Hall–Kier alpha value is -4.06. The summed E-state index contributed by atoms with van der Waals surface area (Å²) in [7, 11) is 4.60. The summed E-state index contributed by atoms with van der Waals surface area (Å²) in [6, 6.07) is 9.34. The molecule has 0 saturated heterocycles. The molecule has 29 heavy (non-hydrogen) atoms. The molecular weight excluding hydrogens is 374 g/mol. The molecule has 0 saturated carbocycles. The van der Waals surface area contributed by atoms with Gasteiger partial charge in [0.2, 0.25) is 11.6 Å². The van der Waals surface area contributed by atoms with E-state index in [9.17, 15) is 5.26 Å². The second-order valence-electron chi connectivity index (χ2n) is 6.41. The van der Waals surface area contributed by atoms with Gasteiger partial charge in [0.25, 0.3) is 0 Å². The van der Waals surface area contributed by atoms with Gasteiger partial charge in [-0.1, -0.05) is 0 Å². The highest BCUT2D eigenvalue weighted by Gasteiger charge is 2.33. The Balaban J connectivity index is 1.99. The Morgan fingerprint density at radius 3 is 2.34 bits per heavy atom. The third-order valence-electron chi connectivity index (χ3n) is 4.86. The molecule has 0 aliphatic carbocycles. The number of hydrogen-bond acceptors (Lipinski definition) is 8. The zero-order valence-electron chi connectivity index (χ0n) is 16.1. The van der Waals surface area contributed by atoms with Gasteiger partial charge in [0.15, 0.2) is 17.4 Å². The fraction of sp³-hybridized carbons (Fsp3) is 0.200. The van der Waals surface area contributed by atoms with E-state index < -0.39 is 5.92 Å². The fourth-order valence-electron chi connectivity index (χ4n) is 3.59. The van der Waals surface area contributed by atoms with Gasteiger partial charge in [0, 0.05) is 11.6 Å². The summed E-state index contributed by atoms with van der Waals surface area (Å²) < 4.78 is 22.1. The van der Waals surface area contributed by atoms with Crippen molar-refractivity contribution in [3.63, 3.8) is 0 Å². The second-order valence-corrected chi connectivity index (χ2v) is 6.41. The first-order valence-electron chi connectivity index (χ1n) is 8.67. The molecule has 4 rings (SSSR count). The summed E-state index contributed by atoms with van der Waals surface area (Å²) in [6.07, 6.45) is 0. The molecule has 5 N–H and O–H groups in total. The van der Waals surface area contributed by atoms with Gasteiger partial charge in [0.1, 0.15) is 17.4 Å². The summed E-state index contributed by atoms with van der Waals surface area (Å²) >= 11 is 0. The fourth-order valence-corrected chi connectivity index (χ4v) is 3.59. The van der Waals surface area contributed by atoms with Gasteiger partial charge in [-0.25, -0.2) is 4.98 Å². The van der Waals surface area contributed by atoms with Gasteiger partial charge in [-0.2, -0.15) is 5.26 Å². The number of allylic oxidation sites excluding steroid dienone is 1. The maximum absolute atomic E-state index is 9.79. The molecule has 2 aromatic carbocycles. The van der Waals surface area contributed by atoms with Crippen molar-refractivity contribution in [1.82, 2.24) is 9.97 Å². The normalized spacial score (nSPS) is 15.4. The van der Waals surface area contributed by atoms with E-state index in [1.165, 1.54) is 21.3 Å². The van der Waals surface area contributed by atoms with Crippen LogP contribution in [-0.4, -0.2) is 31.3 Å². The molecule has 1 aliphatic heterocycles. The van der Waals surface area contributed by atoms with Gasteiger partial charge >= 0.3 is 0 Å². The molecule has 3 aromatic rings. The SMILES string of the molecule is COc1cc(C2C(C#N)=C(N)Oc3cc4nc(N)[nH]c4cc32)cc(OC)c1OC. The van der Waals surface area contributed by atoms with E-state index in [0.29, 0.717) is 28.5 Å². The predicted octanol–water partition coefficient (Wildman–Crippen LogP) is 2.39. The van der Waals surface area contributed by atoms with E-state index in [2.05, 4.69) is 16.0 Å². The molecule has 9 nitrogen and oxygen atoms in total. The van der Waals surface area contributed by atoms with Crippen LogP contribution in [0.5, 0.6) is 23.0 Å². The Morgan fingerprint density at radius 2 is 1.76 bits per heavy atom. The van der Waals surface area contributed by atoms with Crippen LogP contribution in [0.15, 0.2) is 35.7 Å². The number of nitrogens with zero attached hydrogens (tertiary/aromatic N) is 2. The van der Waals surface area contributed by atoms with Crippen molar-refractivity contribution in [2.75, 3.05) is 27.1 Å². The average Bonchev–Trinajstić information content (AvgIpc) is 3.08. The number of hydrogen-bond donors (Lipinski definition) is 3. The largest absolute Gasteiger partial charge is 0.493 e. The number of nitrogens with one attached hydrogen (secondary N) is 1. The van der Waals surface area contributed by atoms with Crippen molar-refractivity contribution in [3.05, 3.63) is 46.8 Å². The maximum atomic E-state index is 9.79. The Labute approximate surface area is 166 Å². The lowest BCUT2D eigenvalue weighted by molar-refractivity contribution is 0.323. The highest BCUT2D eigenvalue weighted by Crippen LogP contribution is 2.47. The van der Waals surface area contributed by atoms with Gasteiger partial charge in [-0.3, -0.25) is 0 Å². The van der Waals surface area contributed by atoms with Crippen LogP contribution in [0.2, 0.25) is 0 Å². The number of H-pyrrole nitrogens is 1. The summed E-state index contributed by atoms with van der Waals surface area (Å²) in [6.45, 7) is 0. The Bertz CT molecular complexity index is 1170. The van der Waals surface area contributed by atoms with Crippen LogP contribution in [-0.2, 0) is 0 Å². The van der Waals surface area contributed by atoms with Gasteiger partial charge in [-0.15, -0.1) is 0 Å². The molecule has 1 aromatic heterocycles. The quantitative estimate of drug-likeness (QED) is 0.613. The molecule has 0 bridgehead atoms. The van der Waals surface area contributed by atoms with Crippen LogP contribution in [0.25, 0.3) is 11.0 Å². The third kappa shape index (κ3) is 2.82. The van der Waals surface area contributed by atoms with Crippen LogP contribution in [0.3, 0.4) is 0 Å². The van der Waals surface area contributed by atoms with Crippen LogP contribution < -0.4 is 30.4 Å². The first kappa shape index (κ1) is 18.3. The number of anilines is 1. The summed E-state index contributed by atoms with van der Waals surface area (Å²) in [5.74, 6) is 1.70. The smallest absolute Gasteiger partial charge is 0.205 e. The molecule has 0 fully saturated rings. The first-order valence-corrected chi connectivity index (χ1v) is 8.67. The molecule has 2 heterocycles. The lowest BCUT2D eigenvalue weighted by Gasteiger charge is -2.27. The second kappa shape index (κ2) is 6.83. The Morgan fingerprint density at radius 1 is 1.07 bits per heavy atom. The number of ether oxygens (including phenoxy) is 4. The molecule has 0 amide bonds. The third-order valence-corrected chi connectivity index (χ3v) is 4.86. The summed E-state index contributed by atoms with van der Waals surface area (Å²) in [5.41, 5.74) is 15.0. The van der Waals surface area contributed by atoms with E-state index in [1.807, 2.05) is 6.07 Å². The van der Waals surface area contributed by atoms with Crippen LogP contribution >= 0.6 is 0 Å². The van der Waals surface area contributed by atoms with Crippen molar-refractivity contribution in [3.8, 4) is 29.1 Å². The minimum atomic E-state index is -0.508. The number of fused-ring (bicyclic) bond motifs is 2. The zero-order chi connectivity index (χ0) is 20.7. The number of aromatic amines is 1. The minimum absolute atomic E-state index is 0.0293. The number of benzene rings is 2. The molecule has 1 aliphatic rings. The highest BCUT2D eigenvalue weighted by atomic mass is 16.5. The van der Waals surface area contributed by atoms with Crippen molar-refractivity contribution in [2.45, 2.75) is 5.92 Å². The minimum Gasteiger partial charge on any atom is -0.493 e. The molecule has 0 spiro atoms. The van der Waals surface area contributed by atoms with E-state index >= 15 is 0 Å². The van der Waals surface area contributed by atoms with Gasteiger partial charge in [0.05, 0.1) is 38.3 Å². The Kier molecular flexibility index (Phi) is 4.31. The number of aromatic nitrogens is 2. The van der Waals surface area contributed by atoms with Gasteiger partial charge in [-0.05, 0) is 23.8 Å². The van der Waals surface area contributed by atoms with E-state index in [4.69, 9.17) is 30.4 Å². The van der Waals surface area contributed by atoms with Crippen molar-refractivity contribution in [2.24, 2.45) is 5.73 Å². The molecule has 9 heteroatoms. The monoisotopic (exact) mass is 393 g/mol. The molecule has 1 atom stereocenters. The molecule has 148 valence electrons. The first-order chi connectivity index (χ1) is 14.0. The predicted molar refractivity (Wildman–Crippen MR) is 106 cm³/mol. The number of nitrogen functional groups attached to an aromatic ring is 1.